The van der Waals surface area contributed by atoms with Gasteiger partial charge in [-0.3, -0.25) is 0 Å². The summed E-state index contributed by atoms with van der Waals surface area (Å²) in [6.45, 7) is 0. The summed E-state index contributed by atoms with van der Waals surface area (Å²) in [5.74, 6) is -0.150. The van der Waals surface area contributed by atoms with Crippen LogP contribution in [0.4, 0.5) is 14.6 Å². The highest BCUT2D eigenvalue weighted by Crippen LogP contribution is 2.26. The van der Waals surface area contributed by atoms with Gasteiger partial charge in [0.05, 0.1) is 12.5 Å². The van der Waals surface area contributed by atoms with Gasteiger partial charge in [-0.15, -0.1) is 0 Å². The van der Waals surface area contributed by atoms with Crippen molar-refractivity contribution < 1.29 is 8.78 Å². The van der Waals surface area contributed by atoms with Crippen LogP contribution in [-0.2, 0) is 6.42 Å². The van der Waals surface area contributed by atoms with Gasteiger partial charge in [0.1, 0.15) is 17.6 Å². The maximum Gasteiger partial charge on any atom is 0.264 e. The van der Waals surface area contributed by atoms with Crippen LogP contribution < -0.4 is 5.73 Å². The second-order valence-electron chi connectivity index (χ2n) is 2.71. The van der Waals surface area contributed by atoms with E-state index in [4.69, 9.17) is 16.3 Å². The Morgan fingerprint density at radius 1 is 1.47 bits per heavy atom. The summed E-state index contributed by atoms with van der Waals surface area (Å²) in [5.41, 5.74) is 4.59. The maximum atomic E-state index is 12.5. The first-order chi connectivity index (χ1) is 7.10. The van der Waals surface area contributed by atoms with Crippen molar-refractivity contribution in [2.24, 2.45) is 0 Å². The van der Waals surface area contributed by atoms with Gasteiger partial charge in [-0.2, -0.15) is 10.5 Å². The minimum atomic E-state index is -2.77. The fourth-order valence-corrected chi connectivity index (χ4v) is 1.16. The summed E-state index contributed by atoms with van der Waals surface area (Å²) >= 11 is 0. The Labute approximate surface area is 84.6 Å². The van der Waals surface area contributed by atoms with E-state index in [1.165, 1.54) is 0 Å². The lowest BCUT2D eigenvalue weighted by Crippen LogP contribution is -2.04. The number of pyridine rings is 1. The van der Waals surface area contributed by atoms with E-state index in [2.05, 4.69) is 4.98 Å². The summed E-state index contributed by atoms with van der Waals surface area (Å²) in [4.78, 5) is 3.59. The van der Waals surface area contributed by atoms with Gasteiger partial charge < -0.3 is 5.73 Å². The minimum absolute atomic E-state index is 0.0517. The van der Waals surface area contributed by atoms with Gasteiger partial charge in [0.15, 0.2) is 0 Å². The van der Waals surface area contributed by atoms with Gasteiger partial charge >= 0.3 is 0 Å². The summed E-state index contributed by atoms with van der Waals surface area (Å²) in [7, 11) is 0. The summed E-state index contributed by atoms with van der Waals surface area (Å²) in [6, 6.07) is 4.33. The zero-order chi connectivity index (χ0) is 11.4. The number of hydrogen-bond donors (Lipinski definition) is 1. The molecule has 0 fully saturated rings. The molecule has 1 rings (SSSR count). The van der Waals surface area contributed by atoms with E-state index >= 15 is 0 Å². The quantitative estimate of drug-likeness (QED) is 0.798. The summed E-state index contributed by atoms with van der Waals surface area (Å²) in [5, 5.41) is 17.1. The predicted octanol–water partition coefficient (Wildman–Crippen LogP) is 1.54. The van der Waals surface area contributed by atoms with Crippen LogP contribution in [0.15, 0.2) is 6.07 Å². The molecule has 6 heteroatoms. The first kappa shape index (κ1) is 10.9. The smallest absolute Gasteiger partial charge is 0.264 e. The lowest BCUT2D eigenvalue weighted by molar-refractivity contribution is 0.150. The Hall–Kier alpha value is -2.21. The Morgan fingerprint density at radius 3 is 2.60 bits per heavy atom. The van der Waals surface area contributed by atoms with Crippen LogP contribution in [0.5, 0.6) is 0 Å². The molecule has 15 heavy (non-hydrogen) atoms. The number of rotatable bonds is 2. The van der Waals surface area contributed by atoms with E-state index in [0.717, 1.165) is 6.07 Å². The third kappa shape index (κ3) is 2.18. The zero-order valence-corrected chi connectivity index (χ0v) is 7.54. The fourth-order valence-electron chi connectivity index (χ4n) is 1.16. The molecule has 1 aromatic heterocycles. The van der Waals surface area contributed by atoms with Crippen LogP contribution in [0.1, 0.15) is 23.2 Å². The largest absolute Gasteiger partial charge is 0.384 e. The van der Waals surface area contributed by atoms with Crippen LogP contribution in [-0.4, -0.2) is 4.98 Å². The highest BCUT2D eigenvalue weighted by Gasteiger charge is 2.18. The molecule has 0 atom stereocenters. The van der Waals surface area contributed by atoms with E-state index in [1.807, 2.05) is 0 Å². The van der Waals surface area contributed by atoms with Crippen LogP contribution >= 0.6 is 0 Å². The van der Waals surface area contributed by atoms with Crippen molar-refractivity contribution in [3.63, 3.8) is 0 Å². The zero-order valence-electron chi connectivity index (χ0n) is 7.54. The molecule has 0 unspecified atom stereocenters. The molecule has 0 aliphatic rings. The molecule has 1 heterocycles. The first-order valence-electron chi connectivity index (χ1n) is 3.94. The third-order valence-corrected chi connectivity index (χ3v) is 1.78. The van der Waals surface area contributed by atoms with Gasteiger partial charge in [0.25, 0.3) is 6.43 Å². The molecule has 4 nitrogen and oxygen atoms in total. The number of alkyl halides is 2. The van der Waals surface area contributed by atoms with Gasteiger partial charge in [0, 0.05) is 11.1 Å². The van der Waals surface area contributed by atoms with E-state index < -0.39 is 12.0 Å². The van der Waals surface area contributed by atoms with E-state index in [-0.39, 0.29) is 23.5 Å². The number of aromatic nitrogens is 1. The fraction of sp³-hybridized carbons (Fsp3) is 0.222. The van der Waals surface area contributed by atoms with Gasteiger partial charge in [-0.25, -0.2) is 13.8 Å². The molecule has 0 aliphatic carbocycles. The molecule has 1 aromatic rings. The van der Waals surface area contributed by atoms with Crippen molar-refractivity contribution in [2.45, 2.75) is 12.8 Å². The highest BCUT2D eigenvalue weighted by atomic mass is 19.3. The van der Waals surface area contributed by atoms with Gasteiger partial charge in [-0.05, 0) is 6.07 Å². The van der Waals surface area contributed by atoms with Crippen molar-refractivity contribution in [3.05, 3.63) is 22.9 Å². The number of nitriles is 2. The van der Waals surface area contributed by atoms with E-state index in [1.54, 1.807) is 12.1 Å². The number of hydrogen-bond acceptors (Lipinski definition) is 4. The molecule has 2 N–H and O–H groups in total. The van der Waals surface area contributed by atoms with Crippen LogP contribution in [0, 0.1) is 22.7 Å². The van der Waals surface area contributed by atoms with Crippen LogP contribution in [0.2, 0.25) is 0 Å². The van der Waals surface area contributed by atoms with Crippen molar-refractivity contribution in [2.75, 3.05) is 5.73 Å². The molecule has 0 aliphatic heterocycles. The lowest BCUT2D eigenvalue weighted by Gasteiger charge is -2.07. The normalized spacial score (nSPS) is 9.67. The predicted molar refractivity (Wildman–Crippen MR) is 47.6 cm³/mol. The molecule has 0 amide bonds. The Morgan fingerprint density at radius 2 is 2.13 bits per heavy atom. The molecule has 76 valence electrons. The maximum absolute atomic E-state index is 12.5. The molecule has 0 saturated carbocycles. The second kappa shape index (κ2) is 4.34. The van der Waals surface area contributed by atoms with Gasteiger partial charge in [-0.1, -0.05) is 0 Å². The molecule has 0 bridgehead atoms. The van der Waals surface area contributed by atoms with Crippen molar-refractivity contribution in [1.82, 2.24) is 4.98 Å². The first-order valence-corrected chi connectivity index (χ1v) is 3.94. The molecular formula is C9H6F2N4. The van der Waals surface area contributed by atoms with Crippen LogP contribution in [0.25, 0.3) is 0 Å². The topological polar surface area (TPSA) is 86.5 Å². The molecule has 0 aromatic carbocycles. The van der Waals surface area contributed by atoms with Crippen molar-refractivity contribution >= 4 is 5.82 Å². The summed E-state index contributed by atoms with van der Waals surface area (Å²) < 4.78 is 25.1. The number of nitrogen functional groups attached to an aromatic ring is 1. The average molecular weight is 208 g/mol. The molecule has 0 radical (unpaired) electrons. The van der Waals surface area contributed by atoms with Gasteiger partial charge in [0.2, 0.25) is 0 Å². The highest BCUT2D eigenvalue weighted by molar-refractivity contribution is 5.47. The lowest BCUT2D eigenvalue weighted by atomic mass is 10.0. The Kier molecular flexibility index (Phi) is 3.14. The summed E-state index contributed by atoms with van der Waals surface area (Å²) in [6.07, 6.45) is -3.05. The van der Waals surface area contributed by atoms with Crippen molar-refractivity contribution in [1.29, 1.82) is 10.5 Å². The molecular weight excluding hydrogens is 202 g/mol. The van der Waals surface area contributed by atoms with Crippen LogP contribution in [0.3, 0.4) is 0 Å². The SMILES string of the molecule is N#CCc1c(C(F)F)cc(N)nc1C#N. The minimum Gasteiger partial charge on any atom is -0.384 e. The molecule has 0 spiro atoms. The number of nitrogens with two attached hydrogens (primary N) is 1. The number of nitrogens with zero attached hydrogens (tertiary/aromatic N) is 3. The van der Waals surface area contributed by atoms with E-state index in [0.29, 0.717) is 0 Å². The average Bonchev–Trinajstić information content (AvgIpc) is 2.19. The second-order valence-corrected chi connectivity index (χ2v) is 2.71. The third-order valence-electron chi connectivity index (χ3n) is 1.78. The Bertz CT molecular complexity index is 456. The van der Waals surface area contributed by atoms with E-state index in [9.17, 15) is 8.78 Å². The number of anilines is 1. The molecule has 0 saturated heterocycles. The Balaban J connectivity index is 3.43. The monoisotopic (exact) mass is 208 g/mol. The standard InChI is InChI=1S/C9H6F2N4/c10-9(11)6-3-8(14)15-7(4-13)5(6)1-2-12/h3,9H,1H2,(H2,14,15). The number of halogens is 2. The van der Waals surface area contributed by atoms with Crippen molar-refractivity contribution in [3.8, 4) is 12.1 Å².